The molecule has 1 rings (SSSR count). The Balaban J connectivity index is 1.79. The first kappa shape index (κ1) is 26.5. The number of unbranched alkanes of at least 4 members (excludes halogenated alkanes) is 17. The second-order valence-electron chi connectivity index (χ2n) is 10.0. The molecule has 1 aromatic rings. The zero-order valence-corrected chi connectivity index (χ0v) is 21.3. The van der Waals surface area contributed by atoms with Crippen LogP contribution in [0.3, 0.4) is 0 Å². The van der Waals surface area contributed by atoms with Crippen molar-refractivity contribution in [3.05, 3.63) is 30.3 Å². The van der Waals surface area contributed by atoms with Gasteiger partial charge in [0.15, 0.2) is 0 Å². The van der Waals surface area contributed by atoms with Crippen LogP contribution in [0.5, 0.6) is 0 Å². The molecule has 0 spiro atoms. The molecular weight excluding hydrogens is 364 g/mol. The van der Waals surface area contributed by atoms with Gasteiger partial charge in [0.2, 0.25) is 0 Å². The SMILES string of the molecule is CCCCCCCCCCCCCCCCCCCC[Si](C)(C)c1ccccc1. The lowest BCUT2D eigenvalue weighted by Crippen LogP contribution is -2.40. The summed E-state index contributed by atoms with van der Waals surface area (Å²) >= 11 is 0. The Morgan fingerprint density at radius 1 is 0.483 bits per heavy atom. The lowest BCUT2D eigenvalue weighted by Gasteiger charge is -2.22. The predicted molar refractivity (Wildman–Crippen MR) is 137 cm³/mol. The summed E-state index contributed by atoms with van der Waals surface area (Å²) < 4.78 is 0. The van der Waals surface area contributed by atoms with Gasteiger partial charge >= 0.3 is 0 Å². The molecule has 1 heteroatoms. The molecule has 0 amide bonds. The summed E-state index contributed by atoms with van der Waals surface area (Å²) in [7, 11) is -1.19. The van der Waals surface area contributed by atoms with Gasteiger partial charge in [-0.05, 0) is 0 Å². The molecule has 0 aromatic heterocycles. The van der Waals surface area contributed by atoms with Crippen LogP contribution in [-0.4, -0.2) is 8.07 Å². The van der Waals surface area contributed by atoms with Gasteiger partial charge in [-0.15, -0.1) is 0 Å². The van der Waals surface area contributed by atoms with Gasteiger partial charge in [-0.25, -0.2) is 0 Å². The zero-order chi connectivity index (χ0) is 21.0. The van der Waals surface area contributed by atoms with Crippen molar-refractivity contribution < 1.29 is 0 Å². The number of rotatable bonds is 20. The number of hydrogen-bond acceptors (Lipinski definition) is 0. The summed E-state index contributed by atoms with van der Waals surface area (Å²) in [5.74, 6) is 0. The second-order valence-corrected chi connectivity index (χ2v) is 14.9. The molecule has 0 heterocycles. The summed E-state index contributed by atoms with van der Waals surface area (Å²) in [6.07, 6.45) is 26.3. The average molecular weight is 417 g/mol. The van der Waals surface area contributed by atoms with Gasteiger partial charge in [0.05, 0.1) is 8.07 Å². The third-order valence-corrected chi connectivity index (χ3v) is 10.2. The molecule has 0 aliphatic carbocycles. The minimum Gasteiger partial charge on any atom is -0.0654 e. The van der Waals surface area contributed by atoms with E-state index >= 15 is 0 Å². The van der Waals surface area contributed by atoms with Gasteiger partial charge < -0.3 is 0 Å². The number of benzene rings is 1. The van der Waals surface area contributed by atoms with Crippen molar-refractivity contribution in [3.8, 4) is 0 Å². The molecule has 0 saturated carbocycles. The van der Waals surface area contributed by atoms with Crippen LogP contribution in [0, 0.1) is 0 Å². The van der Waals surface area contributed by atoms with Crippen LogP contribution < -0.4 is 5.19 Å². The Morgan fingerprint density at radius 2 is 0.828 bits per heavy atom. The van der Waals surface area contributed by atoms with E-state index in [1.807, 2.05) is 0 Å². The van der Waals surface area contributed by atoms with E-state index in [0.29, 0.717) is 0 Å². The Hall–Kier alpha value is -0.563. The molecule has 0 unspecified atom stereocenters. The van der Waals surface area contributed by atoms with Crippen LogP contribution in [0.2, 0.25) is 19.1 Å². The highest BCUT2D eigenvalue weighted by molar-refractivity contribution is 6.89. The summed E-state index contributed by atoms with van der Waals surface area (Å²) in [6.45, 7) is 7.38. The van der Waals surface area contributed by atoms with Crippen molar-refractivity contribution in [3.63, 3.8) is 0 Å². The van der Waals surface area contributed by atoms with E-state index in [0.717, 1.165) is 0 Å². The number of hydrogen-bond donors (Lipinski definition) is 0. The monoisotopic (exact) mass is 416 g/mol. The standard InChI is InChI=1S/C28H52Si/c1-4-5-6-7-8-9-10-11-12-13-14-15-16-17-18-19-20-24-27-29(2,3)28-25-22-21-23-26-28/h21-23,25-26H,4-20,24,27H2,1-3H3. The summed E-state index contributed by atoms with van der Waals surface area (Å²) in [6, 6.07) is 12.7. The molecular formula is C28H52Si. The van der Waals surface area contributed by atoms with E-state index < -0.39 is 8.07 Å². The largest absolute Gasteiger partial charge is 0.0806 e. The molecule has 0 aliphatic heterocycles. The molecule has 0 saturated heterocycles. The van der Waals surface area contributed by atoms with E-state index in [2.05, 4.69) is 50.3 Å². The van der Waals surface area contributed by atoms with Gasteiger partial charge in [-0.1, -0.05) is 177 Å². The maximum Gasteiger partial charge on any atom is 0.0806 e. The Morgan fingerprint density at radius 3 is 1.21 bits per heavy atom. The molecule has 0 aliphatic rings. The Bertz CT molecular complexity index is 451. The first-order valence-electron chi connectivity index (χ1n) is 13.2. The van der Waals surface area contributed by atoms with Crippen molar-refractivity contribution in [2.75, 3.05) is 0 Å². The quantitative estimate of drug-likeness (QED) is 0.146. The highest BCUT2D eigenvalue weighted by Crippen LogP contribution is 2.17. The van der Waals surface area contributed by atoms with Gasteiger partial charge in [0, 0.05) is 0 Å². The van der Waals surface area contributed by atoms with E-state index in [1.54, 1.807) is 5.19 Å². The molecule has 0 fully saturated rings. The second kappa shape index (κ2) is 18.2. The van der Waals surface area contributed by atoms with Gasteiger partial charge in [-0.2, -0.15) is 0 Å². The van der Waals surface area contributed by atoms with Gasteiger partial charge in [0.1, 0.15) is 0 Å². The third kappa shape index (κ3) is 15.0. The minimum atomic E-state index is -1.19. The van der Waals surface area contributed by atoms with Crippen LogP contribution in [0.25, 0.3) is 0 Å². The van der Waals surface area contributed by atoms with Crippen molar-refractivity contribution >= 4 is 13.3 Å². The molecule has 0 N–H and O–H groups in total. The van der Waals surface area contributed by atoms with Crippen LogP contribution in [0.1, 0.15) is 122 Å². The first-order valence-corrected chi connectivity index (χ1v) is 16.4. The topological polar surface area (TPSA) is 0 Å². The fourth-order valence-corrected chi connectivity index (χ4v) is 7.02. The van der Waals surface area contributed by atoms with Crippen molar-refractivity contribution in [2.45, 2.75) is 142 Å². The molecule has 0 nitrogen and oxygen atoms in total. The lowest BCUT2D eigenvalue weighted by molar-refractivity contribution is 0.526. The van der Waals surface area contributed by atoms with Crippen LogP contribution in [0.4, 0.5) is 0 Å². The summed E-state index contributed by atoms with van der Waals surface area (Å²) in [5, 5.41) is 1.63. The normalized spacial score (nSPS) is 11.8. The maximum absolute atomic E-state index is 2.54. The maximum atomic E-state index is 2.54. The molecule has 0 atom stereocenters. The average Bonchev–Trinajstić information content (AvgIpc) is 2.73. The van der Waals surface area contributed by atoms with E-state index in [9.17, 15) is 0 Å². The van der Waals surface area contributed by atoms with E-state index in [4.69, 9.17) is 0 Å². The van der Waals surface area contributed by atoms with Gasteiger partial charge in [-0.3, -0.25) is 0 Å². The van der Waals surface area contributed by atoms with Crippen LogP contribution in [-0.2, 0) is 0 Å². The first-order chi connectivity index (χ1) is 14.2. The summed E-state index contributed by atoms with van der Waals surface area (Å²) in [5.41, 5.74) is 0. The highest BCUT2D eigenvalue weighted by atomic mass is 28.3. The Labute approximate surface area is 185 Å². The van der Waals surface area contributed by atoms with E-state index in [1.165, 1.54) is 122 Å². The minimum absolute atomic E-state index is 1.19. The highest BCUT2D eigenvalue weighted by Gasteiger charge is 2.21. The third-order valence-electron chi connectivity index (χ3n) is 6.71. The Kier molecular flexibility index (Phi) is 16.6. The van der Waals surface area contributed by atoms with E-state index in [-0.39, 0.29) is 0 Å². The fourth-order valence-electron chi connectivity index (χ4n) is 4.50. The predicted octanol–water partition coefficient (Wildman–Crippen LogP) is 9.64. The molecule has 0 radical (unpaired) electrons. The van der Waals surface area contributed by atoms with Crippen molar-refractivity contribution in [1.82, 2.24) is 0 Å². The van der Waals surface area contributed by atoms with Crippen molar-refractivity contribution in [2.24, 2.45) is 0 Å². The van der Waals surface area contributed by atoms with Crippen molar-refractivity contribution in [1.29, 1.82) is 0 Å². The smallest absolute Gasteiger partial charge is 0.0654 e. The van der Waals surface area contributed by atoms with Crippen LogP contribution in [0.15, 0.2) is 30.3 Å². The zero-order valence-electron chi connectivity index (χ0n) is 20.3. The van der Waals surface area contributed by atoms with Gasteiger partial charge in [0.25, 0.3) is 0 Å². The molecule has 168 valence electrons. The summed E-state index contributed by atoms with van der Waals surface area (Å²) in [4.78, 5) is 0. The molecule has 0 bridgehead atoms. The molecule has 1 aromatic carbocycles. The fraction of sp³-hybridized carbons (Fsp3) is 0.786. The lowest BCUT2D eigenvalue weighted by atomic mass is 10.0. The van der Waals surface area contributed by atoms with Crippen LogP contribution >= 0.6 is 0 Å². The molecule has 29 heavy (non-hydrogen) atoms.